The molecule has 0 unspecified atom stereocenters. The first-order valence-electron chi connectivity index (χ1n) is 7.59. The maximum absolute atomic E-state index is 11.7. The number of non-ortho nitro benzene ring substituents is 1. The minimum absolute atomic E-state index is 0.0260. The number of allylic oxidation sites excluding steroid dienone is 1. The number of benzene rings is 2. The van der Waals surface area contributed by atoms with E-state index in [1.54, 1.807) is 48.6 Å². The van der Waals surface area contributed by atoms with E-state index in [-0.39, 0.29) is 12.3 Å². The Morgan fingerprint density at radius 1 is 1.19 bits per heavy atom. The summed E-state index contributed by atoms with van der Waals surface area (Å²) < 4.78 is 10.5. The SMILES string of the molecule is COc1ccccc1OCC(=O)N/N=C/C=C/c1ccc([N+](=O)[O-])cc1. The number of nitrogens with zero attached hydrogens (tertiary/aromatic N) is 2. The maximum atomic E-state index is 11.7. The number of nitro groups is 1. The lowest BCUT2D eigenvalue weighted by atomic mass is 10.2. The highest BCUT2D eigenvalue weighted by atomic mass is 16.6. The van der Waals surface area contributed by atoms with Gasteiger partial charge in [-0.2, -0.15) is 5.10 Å². The Morgan fingerprint density at radius 3 is 2.54 bits per heavy atom. The van der Waals surface area contributed by atoms with Gasteiger partial charge < -0.3 is 9.47 Å². The second-order valence-corrected chi connectivity index (χ2v) is 4.96. The number of nitro benzene ring substituents is 1. The Labute approximate surface area is 149 Å². The van der Waals surface area contributed by atoms with Crippen molar-refractivity contribution >= 4 is 23.9 Å². The van der Waals surface area contributed by atoms with Crippen molar-refractivity contribution in [3.8, 4) is 11.5 Å². The summed E-state index contributed by atoms with van der Waals surface area (Å²) >= 11 is 0. The van der Waals surface area contributed by atoms with E-state index in [0.717, 1.165) is 5.56 Å². The van der Waals surface area contributed by atoms with Gasteiger partial charge in [-0.05, 0) is 35.9 Å². The van der Waals surface area contributed by atoms with Gasteiger partial charge in [0.1, 0.15) is 0 Å². The van der Waals surface area contributed by atoms with Gasteiger partial charge in [-0.25, -0.2) is 5.43 Å². The molecule has 26 heavy (non-hydrogen) atoms. The lowest BCUT2D eigenvalue weighted by Crippen LogP contribution is -2.24. The molecule has 0 saturated heterocycles. The number of carbonyl (C=O) groups is 1. The van der Waals surface area contributed by atoms with Gasteiger partial charge in [0.05, 0.1) is 12.0 Å². The minimum atomic E-state index is -0.461. The lowest BCUT2D eigenvalue weighted by molar-refractivity contribution is -0.384. The molecule has 0 aliphatic heterocycles. The van der Waals surface area contributed by atoms with Crippen LogP contribution >= 0.6 is 0 Å². The zero-order valence-electron chi connectivity index (χ0n) is 14.0. The van der Waals surface area contributed by atoms with E-state index in [1.165, 1.54) is 25.5 Å². The molecule has 2 aromatic rings. The van der Waals surface area contributed by atoms with E-state index in [0.29, 0.717) is 11.5 Å². The second-order valence-electron chi connectivity index (χ2n) is 4.96. The molecule has 0 atom stereocenters. The van der Waals surface area contributed by atoms with E-state index in [4.69, 9.17) is 9.47 Å². The average molecular weight is 355 g/mol. The average Bonchev–Trinajstić information content (AvgIpc) is 2.66. The molecule has 0 aliphatic rings. The van der Waals surface area contributed by atoms with Crippen LogP contribution < -0.4 is 14.9 Å². The predicted octanol–water partition coefficient (Wildman–Crippen LogP) is 2.80. The molecule has 0 bridgehead atoms. The van der Waals surface area contributed by atoms with Crippen molar-refractivity contribution in [2.45, 2.75) is 0 Å². The highest BCUT2D eigenvalue weighted by Gasteiger charge is 2.05. The van der Waals surface area contributed by atoms with Crippen molar-refractivity contribution in [1.82, 2.24) is 5.43 Å². The number of hydrogen-bond donors (Lipinski definition) is 1. The van der Waals surface area contributed by atoms with E-state index in [1.807, 2.05) is 0 Å². The summed E-state index contributed by atoms with van der Waals surface area (Å²) in [5.41, 5.74) is 3.12. The van der Waals surface area contributed by atoms with Crippen LogP contribution in [0.5, 0.6) is 11.5 Å². The number of hydrogen-bond acceptors (Lipinski definition) is 6. The van der Waals surface area contributed by atoms with Gasteiger partial charge in [0.25, 0.3) is 11.6 Å². The summed E-state index contributed by atoms with van der Waals surface area (Å²) in [5, 5.41) is 14.3. The Hall–Kier alpha value is -3.68. The Bertz CT molecular complexity index is 816. The minimum Gasteiger partial charge on any atom is -0.493 e. The van der Waals surface area contributed by atoms with Crippen molar-refractivity contribution in [2.24, 2.45) is 5.10 Å². The fourth-order valence-corrected chi connectivity index (χ4v) is 1.93. The summed E-state index contributed by atoms with van der Waals surface area (Å²) in [6.45, 7) is -0.205. The van der Waals surface area contributed by atoms with Gasteiger partial charge >= 0.3 is 0 Å². The quantitative estimate of drug-likeness (QED) is 0.445. The molecule has 1 N–H and O–H groups in total. The number of hydrazone groups is 1. The molecule has 8 heteroatoms. The smallest absolute Gasteiger partial charge is 0.277 e. The van der Waals surface area contributed by atoms with E-state index in [9.17, 15) is 14.9 Å². The number of para-hydroxylation sites is 2. The summed E-state index contributed by atoms with van der Waals surface area (Å²) in [6, 6.07) is 13.0. The first kappa shape index (κ1) is 18.7. The fraction of sp³-hybridized carbons (Fsp3) is 0.111. The molecular weight excluding hydrogens is 338 g/mol. The van der Waals surface area contributed by atoms with Crippen molar-refractivity contribution in [1.29, 1.82) is 0 Å². The molecule has 0 saturated carbocycles. The first-order chi connectivity index (χ1) is 12.6. The van der Waals surface area contributed by atoms with Crippen LogP contribution in [0, 0.1) is 10.1 Å². The molecule has 0 aromatic heterocycles. The molecule has 2 aromatic carbocycles. The molecule has 0 spiro atoms. The van der Waals surface area contributed by atoms with Crippen molar-refractivity contribution in [3.63, 3.8) is 0 Å². The molecule has 8 nitrogen and oxygen atoms in total. The molecule has 0 radical (unpaired) electrons. The van der Waals surface area contributed by atoms with Crippen LogP contribution in [0.15, 0.2) is 59.7 Å². The van der Waals surface area contributed by atoms with E-state index < -0.39 is 10.8 Å². The van der Waals surface area contributed by atoms with Crippen LogP contribution in [0.1, 0.15) is 5.56 Å². The number of ether oxygens (including phenoxy) is 2. The van der Waals surface area contributed by atoms with Crippen LogP contribution in [0.25, 0.3) is 6.08 Å². The third kappa shape index (κ3) is 5.75. The van der Waals surface area contributed by atoms with Crippen LogP contribution in [0.4, 0.5) is 5.69 Å². The number of amides is 1. The molecule has 2 rings (SSSR count). The zero-order valence-corrected chi connectivity index (χ0v) is 14.0. The van der Waals surface area contributed by atoms with Gasteiger partial charge in [0.2, 0.25) is 0 Å². The standard InChI is InChI=1S/C18H17N3O5/c1-25-16-6-2-3-7-17(16)26-13-18(22)20-19-12-4-5-14-8-10-15(11-9-14)21(23)24/h2-12H,13H2,1H3,(H,20,22)/b5-4+,19-12+. The third-order valence-electron chi connectivity index (χ3n) is 3.17. The molecule has 0 aliphatic carbocycles. The first-order valence-corrected chi connectivity index (χ1v) is 7.59. The number of methoxy groups -OCH3 is 1. The molecule has 134 valence electrons. The second kappa shape index (κ2) is 9.58. The summed E-state index contributed by atoms with van der Waals surface area (Å²) in [6.07, 6.45) is 4.69. The van der Waals surface area contributed by atoms with Crippen LogP contribution in [0.3, 0.4) is 0 Å². The van der Waals surface area contributed by atoms with Crippen LogP contribution in [-0.4, -0.2) is 30.8 Å². The monoisotopic (exact) mass is 355 g/mol. The van der Waals surface area contributed by atoms with Gasteiger partial charge in [0, 0.05) is 18.3 Å². The largest absolute Gasteiger partial charge is 0.493 e. The van der Waals surface area contributed by atoms with E-state index in [2.05, 4.69) is 10.5 Å². The summed E-state index contributed by atoms with van der Waals surface area (Å²) in [5.74, 6) is 0.581. The summed E-state index contributed by atoms with van der Waals surface area (Å²) in [4.78, 5) is 21.8. The molecule has 1 amide bonds. The Kier molecular flexibility index (Phi) is 6.87. The van der Waals surface area contributed by atoms with Crippen LogP contribution in [0.2, 0.25) is 0 Å². The third-order valence-corrected chi connectivity index (χ3v) is 3.17. The Balaban J connectivity index is 1.77. The molecule has 0 fully saturated rings. The fourth-order valence-electron chi connectivity index (χ4n) is 1.93. The Morgan fingerprint density at radius 2 is 1.88 bits per heavy atom. The van der Waals surface area contributed by atoms with Crippen molar-refractivity contribution in [2.75, 3.05) is 13.7 Å². The van der Waals surface area contributed by atoms with Gasteiger partial charge in [-0.1, -0.05) is 18.2 Å². The normalized spacial score (nSPS) is 10.8. The predicted molar refractivity (Wildman–Crippen MR) is 97.3 cm³/mol. The van der Waals surface area contributed by atoms with Crippen molar-refractivity contribution in [3.05, 3.63) is 70.3 Å². The molecule has 0 heterocycles. The highest BCUT2D eigenvalue weighted by Crippen LogP contribution is 2.25. The van der Waals surface area contributed by atoms with Gasteiger partial charge in [-0.3, -0.25) is 14.9 Å². The highest BCUT2D eigenvalue weighted by molar-refractivity contribution is 5.82. The molecular formula is C18H17N3O5. The zero-order chi connectivity index (χ0) is 18.8. The van der Waals surface area contributed by atoms with Gasteiger partial charge in [0.15, 0.2) is 18.1 Å². The topological polar surface area (TPSA) is 103 Å². The van der Waals surface area contributed by atoms with Crippen LogP contribution in [-0.2, 0) is 4.79 Å². The maximum Gasteiger partial charge on any atom is 0.277 e. The number of carbonyl (C=O) groups excluding carboxylic acids is 1. The van der Waals surface area contributed by atoms with Crippen molar-refractivity contribution < 1.29 is 19.2 Å². The van der Waals surface area contributed by atoms with Gasteiger partial charge in [-0.15, -0.1) is 0 Å². The lowest BCUT2D eigenvalue weighted by Gasteiger charge is -2.08. The van der Waals surface area contributed by atoms with E-state index >= 15 is 0 Å². The summed E-state index contributed by atoms with van der Waals surface area (Å²) in [7, 11) is 1.52. The number of nitrogens with one attached hydrogen (secondary N) is 1. The number of rotatable bonds is 8.